The molecule has 1 heterocycles. The first kappa shape index (κ1) is 34.6. The Bertz CT molecular complexity index is 934. The summed E-state index contributed by atoms with van der Waals surface area (Å²) in [5.41, 5.74) is 17.7. The highest BCUT2D eigenvalue weighted by molar-refractivity contribution is 6.04. The Morgan fingerprint density at radius 3 is 2.22 bits per heavy atom. The summed E-state index contributed by atoms with van der Waals surface area (Å²) < 4.78 is 4.69. The van der Waals surface area contributed by atoms with Crippen molar-refractivity contribution in [1.82, 2.24) is 15.3 Å². The number of carbonyl (C=O) groups is 2. The Morgan fingerprint density at radius 1 is 1.25 bits per heavy atom. The molecule has 2 amide bonds. The molecule has 10 nitrogen and oxygen atoms in total. The molecule has 0 saturated heterocycles. The van der Waals surface area contributed by atoms with Crippen molar-refractivity contribution in [3.8, 4) is 11.3 Å². The fraction of sp³-hybridized carbons (Fsp3) is 0.385. The molecule has 10 heteroatoms. The highest BCUT2D eigenvalue weighted by Crippen LogP contribution is 2.24. The molecule has 1 aromatic carbocycles. The van der Waals surface area contributed by atoms with Crippen LogP contribution < -0.4 is 22.5 Å². The number of amidine groups is 1. The van der Waals surface area contributed by atoms with Gasteiger partial charge in [0, 0.05) is 24.8 Å². The maximum atomic E-state index is 11.2. The molecule has 0 aliphatic carbocycles. The lowest BCUT2D eigenvalue weighted by molar-refractivity contribution is -0.106. The number of methoxy groups -OCH3 is 1. The number of primary amides is 1. The number of ether oxygens (including phenoxy) is 1. The van der Waals surface area contributed by atoms with Gasteiger partial charge in [0.2, 0.25) is 12.3 Å². The van der Waals surface area contributed by atoms with Gasteiger partial charge in [-0.05, 0) is 46.0 Å². The van der Waals surface area contributed by atoms with Crippen LogP contribution in [-0.4, -0.2) is 55.4 Å². The van der Waals surface area contributed by atoms with Crippen LogP contribution in [0.1, 0.15) is 62.0 Å². The van der Waals surface area contributed by atoms with E-state index in [0.29, 0.717) is 29.2 Å². The summed E-state index contributed by atoms with van der Waals surface area (Å²) in [5, 5.41) is 3.24. The second kappa shape index (κ2) is 21.9. The number of nitrogens with one attached hydrogen (secondary N) is 2. The van der Waals surface area contributed by atoms with Gasteiger partial charge in [-0.25, -0.2) is 4.98 Å². The SMILES string of the molecule is C=C/C=C\C.CCCOC.CCNC(C)c1nc(-c2ccc(C(N)=O)cc2)c(C(N)=NC=O)[nH]1.CN. The lowest BCUT2D eigenvalue weighted by Crippen LogP contribution is -2.19. The van der Waals surface area contributed by atoms with Gasteiger partial charge in [-0.3, -0.25) is 9.59 Å². The van der Waals surface area contributed by atoms with Crippen LogP contribution >= 0.6 is 0 Å². The third-order valence-corrected chi connectivity index (χ3v) is 4.27. The van der Waals surface area contributed by atoms with E-state index in [-0.39, 0.29) is 11.9 Å². The van der Waals surface area contributed by atoms with Crippen molar-refractivity contribution in [3.63, 3.8) is 0 Å². The van der Waals surface area contributed by atoms with Crippen LogP contribution in [0.25, 0.3) is 11.3 Å². The van der Waals surface area contributed by atoms with Crippen LogP contribution in [0.3, 0.4) is 0 Å². The van der Waals surface area contributed by atoms with Gasteiger partial charge in [0.25, 0.3) is 0 Å². The first-order chi connectivity index (χ1) is 17.3. The molecule has 0 spiro atoms. The Labute approximate surface area is 215 Å². The topological polar surface area (TPSA) is 174 Å². The lowest BCUT2D eigenvalue weighted by atomic mass is 10.1. The van der Waals surface area contributed by atoms with Crippen LogP contribution in [0.2, 0.25) is 0 Å². The second-order valence-corrected chi connectivity index (χ2v) is 6.94. The molecule has 8 N–H and O–H groups in total. The molecule has 0 aliphatic heterocycles. The summed E-state index contributed by atoms with van der Waals surface area (Å²) in [4.78, 5) is 33.1. The van der Waals surface area contributed by atoms with Gasteiger partial charge in [-0.15, -0.1) is 0 Å². The van der Waals surface area contributed by atoms with Gasteiger partial charge < -0.3 is 32.2 Å². The van der Waals surface area contributed by atoms with Crippen molar-refractivity contribution in [2.45, 2.75) is 40.2 Å². The number of rotatable bonds is 10. The molecule has 36 heavy (non-hydrogen) atoms. The number of nitrogens with zero attached hydrogens (tertiary/aromatic N) is 2. The predicted octanol–water partition coefficient (Wildman–Crippen LogP) is 3.07. The number of aromatic amines is 1. The molecule has 0 bridgehead atoms. The monoisotopic (exact) mass is 501 g/mol. The Hall–Kier alpha value is -3.60. The summed E-state index contributed by atoms with van der Waals surface area (Å²) in [6.07, 6.45) is 7.08. The van der Waals surface area contributed by atoms with Gasteiger partial charge in [0.1, 0.15) is 11.5 Å². The number of imidazole rings is 1. The zero-order chi connectivity index (χ0) is 27.9. The Morgan fingerprint density at radius 2 is 1.86 bits per heavy atom. The van der Waals surface area contributed by atoms with Crippen LogP contribution in [-0.2, 0) is 9.53 Å². The molecule has 200 valence electrons. The van der Waals surface area contributed by atoms with Crippen LogP contribution in [0.4, 0.5) is 0 Å². The smallest absolute Gasteiger partial charge is 0.248 e. The minimum atomic E-state index is -0.507. The van der Waals surface area contributed by atoms with Crippen LogP contribution in [0.5, 0.6) is 0 Å². The molecule has 2 aromatic rings. The first-order valence-corrected chi connectivity index (χ1v) is 11.6. The van der Waals surface area contributed by atoms with Crippen molar-refractivity contribution in [2.75, 3.05) is 27.3 Å². The minimum absolute atomic E-state index is 0.0311. The molecule has 2 rings (SSSR count). The molecule has 1 atom stereocenters. The third kappa shape index (κ3) is 13.3. The summed E-state index contributed by atoms with van der Waals surface area (Å²) in [6.45, 7) is 13.1. The van der Waals surface area contributed by atoms with Crippen LogP contribution in [0, 0.1) is 0 Å². The molecule has 1 aromatic heterocycles. The van der Waals surface area contributed by atoms with Crippen molar-refractivity contribution >= 4 is 18.2 Å². The zero-order valence-corrected chi connectivity index (χ0v) is 22.4. The number of allylic oxidation sites excluding steroid dienone is 3. The van der Waals surface area contributed by atoms with Crippen molar-refractivity contribution in [2.24, 2.45) is 22.2 Å². The number of H-pyrrole nitrogens is 1. The van der Waals surface area contributed by atoms with Crippen molar-refractivity contribution < 1.29 is 14.3 Å². The summed E-state index contributed by atoms with van der Waals surface area (Å²) in [6, 6.07) is 6.62. The van der Waals surface area contributed by atoms with Crippen LogP contribution in [0.15, 0.2) is 54.1 Å². The highest BCUT2D eigenvalue weighted by Gasteiger charge is 2.18. The largest absolute Gasteiger partial charge is 0.385 e. The van der Waals surface area contributed by atoms with Gasteiger partial charge in [-0.2, -0.15) is 4.99 Å². The normalized spacial score (nSPS) is 11.1. The minimum Gasteiger partial charge on any atom is -0.385 e. The molecule has 1 unspecified atom stereocenters. The average Bonchev–Trinajstić information content (AvgIpc) is 3.33. The third-order valence-electron chi connectivity index (χ3n) is 4.27. The van der Waals surface area contributed by atoms with E-state index in [0.717, 1.165) is 25.1 Å². The number of benzene rings is 1. The van der Waals surface area contributed by atoms with E-state index in [1.54, 1.807) is 37.5 Å². The van der Waals surface area contributed by atoms with Gasteiger partial charge in [-0.1, -0.05) is 50.8 Å². The number of hydrogen-bond donors (Lipinski definition) is 5. The van der Waals surface area contributed by atoms with Gasteiger partial charge >= 0.3 is 0 Å². The second-order valence-electron chi connectivity index (χ2n) is 6.94. The van der Waals surface area contributed by atoms with Crippen molar-refractivity contribution in [3.05, 3.63) is 66.2 Å². The quantitative estimate of drug-likeness (QED) is 0.144. The highest BCUT2D eigenvalue weighted by atomic mass is 16.5. The Balaban J connectivity index is 0. The van der Waals surface area contributed by atoms with E-state index < -0.39 is 5.91 Å². The van der Waals surface area contributed by atoms with E-state index in [2.05, 4.69) is 39.5 Å². The fourth-order valence-electron chi connectivity index (χ4n) is 2.65. The maximum absolute atomic E-state index is 11.2. The van der Waals surface area contributed by atoms with E-state index >= 15 is 0 Å². The van der Waals surface area contributed by atoms with E-state index in [1.807, 2.05) is 32.9 Å². The fourth-order valence-corrected chi connectivity index (χ4v) is 2.65. The van der Waals surface area contributed by atoms with Crippen molar-refractivity contribution in [1.29, 1.82) is 0 Å². The maximum Gasteiger partial charge on any atom is 0.248 e. The predicted molar refractivity (Wildman–Crippen MR) is 149 cm³/mol. The first-order valence-electron chi connectivity index (χ1n) is 11.6. The van der Waals surface area contributed by atoms with Gasteiger partial charge in [0.05, 0.1) is 11.7 Å². The molecule has 0 saturated carbocycles. The standard InChI is InChI=1S/C16H20N6O2.C5H8.C4H10O.CH5N/c1-3-19-9(2)16-21-12(13(22-16)14(17)20-8-23)10-4-6-11(7-5-10)15(18)24;1-3-5-4-2;1-3-4-5-2;1-2/h4-9,19H,3H2,1-2H3,(H2,18,24)(H,21,22)(H2,17,20,23);3-5H,1H2,2H3;3-4H2,1-2H3;2H2,1H3/b;5-4-;;. The summed E-state index contributed by atoms with van der Waals surface area (Å²) in [5.74, 6) is 0.207. The number of hydrogen-bond acceptors (Lipinski definition) is 6. The van der Waals surface area contributed by atoms with E-state index in [1.165, 1.54) is 7.05 Å². The Kier molecular flexibility index (Phi) is 21.0. The molecule has 0 aliphatic rings. The number of nitrogens with two attached hydrogens (primary N) is 3. The lowest BCUT2D eigenvalue weighted by Gasteiger charge is -2.08. The molecular formula is C26H43N7O3. The van der Waals surface area contributed by atoms with E-state index in [9.17, 15) is 9.59 Å². The molecule has 0 fully saturated rings. The number of carbonyl (C=O) groups excluding carboxylic acids is 2. The van der Waals surface area contributed by atoms with E-state index in [4.69, 9.17) is 16.2 Å². The summed E-state index contributed by atoms with van der Waals surface area (Å²) >= 11 is 0. The molecule has 0 radical (unpaired) electrons. The number of aliphatic imine (C=N–C) groups is 1. The number of aromatic nitrogens is 2. The summed E-state index contributed by atoms with van der Waals surface area (Å²) in [7, 11) is 3.21. The average molecular weight is 502 g/mol. The zero-order valence-electron chi connectivity index (χ0n) is 22.4. The molecular weight excluding hydrogens is 458 g/mol. The van der Waals surface area contributed by atoms with Gasteiger partial charge in [0.15, 0.2) is 5.84 Å². The number of amides is 2.